The molecule has 0 saturated carbocycles. The van der Waals surface area contributed by atoms with Crippen LogP contribution in [-0.4, -0.2) is 17.7 Å². The van der Waals surface area contributed by atoms with Crippen molar-refractivity contribution in [3.63, 3.8) is 0 Å². The topological polar surface area (TPSA) is 87.3 Å². The minimum Gasteiger partial charge on any atom is -0.322 e. The van der Waals surface area contributed by atoms with Gasteiger partial charge in [0.1, 0.15) is 34.9 Å². The second-order valence-corrected chi connectivity index (χ2v) is 8.06. The van der Waals surface area contributed by atoms with Crippen LogP contribution in [-0.2, 0) is 0 Å². The van der Waals surface area contributed by atoms with Crippen LogP contribution in [0, 0.1) is 34.9 Å². The van der Waals surface area contributed by atoms with Gasteiger partial charge in [-0.25, -0.2) is 26.3 Å². The number of rotatable bonds is 6. The van der Waals surface area contributed by atoms with Gasteiger partial charge in [-0.15, -0.1) is 0 Å². The number of carbonyl (C=O) groups is 3. The highest BCUT2D eigenvalue weighted by atomic mass is 19.2. The van der Waals surface area contributed by atoms with E-state index in [-0.39, 0.29) is 17.1 Å². The van der Waals surface area contributed by atoms with Gasteiger partial charge in [-0.1, -0.05) is 6.07 Å². The summed E-state index contributed by atoms with van der Waals surface area (Å²) in [6.07, 6.45) is 0. The van der Waals surface area contributed by atoms with Crippen molar-refractivity contribution >= 4 is 34.8 Å². The largest absolute Gasteiger partial charge is 0.322 e. The van der Waals surface area contributed by atoms with E-state index < -0.39 is 69.3 Å². The summed E-state index contributed by atoms with van der Waals surface area (Å²) in [5.74, 6) is -9.43. The Morgan fingerprint density at radius 1 is 0.436 bits per heavy atom. The van der Waals surface area contributed by atoms with Crippen LogP contribution >= 0.6 is 0 Å². The Morgan fingerprint density at radius 3 is 1.03 bits per heavy atom. The Bertz CT molecular complexity index is 1480. The van der Waals surface area contributed by atoms with Gasteiger partial charge in [0, 0.05) is 35.3 Å². The van der Waals surface area contributed by atoms with Crippen molar-refractivity contribution in [3.8, 4) is 0 Å². The highest BCUT2D eigenvalue weighted by Gasteiger charge is 2.25. The third-order valence-electron chi connectivity index (χ3n) is 5.14. The number of anilines is 3. The van der Waals surface area contributed by atoms with Crippen LogP contribution in [0.3, 0.4) is 0 Å². The normalized spacial score (nSPS) is 10.6. The zero-order chi connectivity index (χ0) is 28.3. The van der Waals surface area contributed by atoms with E-state index in [1.807, 2.05) is 0 Å². The molecule has 0 aliphatic rings. The SMILES string of the molecule is O=C(Nc1cc(F)cc(F)c1)c1cccc(C(=O)Nc2cc(F)cc(F)c2)c1C(=O)Nc1cc(F)cc(F)c1. The molecule has 4 aromatic carbocycles. The van der Waals surface area contributed by atoms with Gasteiger partial charge in [0.15, 0.2) is 0 Å². The maximum Gasteiger partial charge on any atom is 0.257 e. The molecule has 0 aromatic heterocycles. The van der Waals surface area contributed by atoms with E-state index in [0.717, 1.165) is 48.5 Å². The van der Waals surface area contributed by atoms with E-state index in [4.69, 9.17) is 0 Å². The third-order valence-corrected chi connectivity index (χ3v) is 5.14. The van der Waals surface area contributed by atoms with Gasteiger partial charge in [-0.05, 0) is 48.5 Å². The number of nitrogens with one attached hydrogen (secondary N) is 3. The molecule has 4 aromatic rings. The summed E-state index contributed by atoms with van der Waals surface area (Å²) in [5, 5.41) is 6.57. The fraction of sp³-hybridized carbons (Fsp3) is 0. The molecule has 0 bridgehead atoms. The lowest BCUT2D eigenvalue weighted by Gasteiger charge is -2.15. The van der Waals surface area contributed by atoms with Crippen molar-refractivity contribution in [1.82, 2.24) is 0 Å². The van der Waals surface area contributed by atoms with Crippen LogP contribution in [0.5, 0.6) is 0 Å². The second-order valence-electron chi connectivity index (χ2n) is 8.06. The van der Waals surface area contributed by atoms with E-state index in [0.29, 0.717) is 18.2 Å². The molecule has 0 saturated heterocycles. The number of hydrogen-bond acceptors (Lipinski definition) is 3. The molecule has 3 amide bonds. The smallest absolute Gasteiger partial charge is 0.257 e. The molecule has 0 radical (unpaired) electrons. The molecule has 12 heteroatoms. The highest BCUT2D eigenvalue weighted by Crippen LogP contribution is 2.23. The molecule has 0 heterocycles. The Kier molecular flexibility index (Phi) is 7.65. The quantitative estimate of drug-likeness (QED) is 0.250. The van der Waals surface area contributed by atoms with E-state index in [1.54, 1.807) is 0 Å². The van der Waals surface area contributed by atoms with E-state index in [1.165, 1.54) is 6.07 Å². The van der Waals surface area contributed by atoms with E-state index in [2.05, 4.69) is 16.0 Å². The van der Waals surface area contributed by atoms with Crippen molar-refractivity contribution < 1.29 is 40.7 Å². The van der Waals surface area contributed by atoms with Crippen LogP contribution in [0.25, 0.3) is 0 Å². The number of carbonyl (C=O) groups excluding carboxylic acids is 3. The predicted octanol–water partition coefficient (Wildman–Crippen LogP) is 6.28. The monoisotopic (exact) mass is 543 g/mol. The summed E-state index contributed by atoms with van der Waals surface area (Å²) >= 11 is 0. The van der Waals surface area contributed by atoms with Gasteiger partial charge in [0.2, 0.25) is 0 Å². The Hall–Kier alpha value is -5.13. The maximum absolute atomic E-state index is 13.7. The molecular formula is C27H15F6N3O3. The second kappa shape index (κ2) is 11.1. The van der Waals surface area contributed by atoms with Gasteiger partial charge in [0.25, 0.3) is 17.7 Å². The van der Waals surface area contributed by atoms with Gasteiger partial charge in [-0.2, -0.15) is 0 Å². The summed E-state index contributed by atoms with van der Waals surface area (Å²) in [6.45, 7) is 0. The third kappa shape index (κ3) is 6.60. The zero-order valence-electron chi connectivity index (χ0n) is 19.4. The zero-order valence-corrected chi connectivity index (χ0v) is 19.4. The number of benzene rings is 4. The molecule has 0 fully saturated rings. The summed E-state index contributed by atoms with van der Waals surface area (Å²) < 4.78 is 81.8. The van der Waals surface area contributed by atoms with Gasteiger partial charge in [0.05, 0.1) is 16.7 Å². The molecule has 0 unspecified atom stereocenters. The van der Waals surface area contributed by atoms with Gasteiger partial charge < -0.3 is 16.0 Å². The Labute approximate surface area is 216 Å². The Balaban J connectivity index is 1.76. The minimum atomic E-state index is -1.17. The van der Waals surface area contributed by atoms with E-state index >= 15 is 0 Å². The number of amides is 3. The van der Waals surface area contributed by atoms with Crippen LogP contribution in [0.15, 0.2) is 72.8 Å². The molecule has 4 rings (SSSR count). The molecule has 3 N–H and O–H groups in total. The lowest BCUT2D eigenvalue weighted by atomic mass is 9.98. The lowest BCUT2D eigenvalue weighted by molar-refractivity contribution is 0.0978. The van der Waals surface area contributed by atoms with Crippen molar-refractivity contribution in [1.29, 1.82) is 0 Å². The van der Waals surface area contributed by atoms with Crippen molar-refractivity contribution in [2.45, 2.75) is 0 Å². The Morgan fingerprint density at radius 2 is 0.718 bits per heavy atom. The summed E-state index contributed by atoms with van der Waals surface area (Å²) in [6, 6.07) is 9.80. The molecule has 198 valence electrons. The summed E-state index contributed by atoms with van der Waals surface area (Å²) in [7, 11) is 0. The molecule has 0 aliphatic heterocycles. The number of halogens is 6. The first-order valence-electron chi connectivity index (χ1n) is 10.9. The highest BCUT2D eigenvalue weighted by molar-refractivity contribution is 6.21. The number of hydrogen-bond donors (Lipinski definition) is 3. The van der Waals surface area contributed by atoms with Crippen LogP contribution in [0.4, 0.5) is 43.4 Å². The van der Waals surface area contributed by atoms with Crippen LogP contribution in [0.1, 0.15) is 31.1 Å². The van der Waals surface area contributed by atoms with Crippen LogP contribution in [0.2, 0.25) is 0 Å². The van der Waals surface area contributed by atoms with Crippen molar-refractivity contribution in [2.75, 3.05) is 16.0 Å². The average molecular weight is 543 g/mol. The van der Waals surface area contributed by atoms with Crippen molar-refractivity contribution in [2.24, 2.45) is 0 Å². The molecule has 0 aliphatic carbocycles. The lowest BCUT2D eigenvalue weighted by Crippen LogP contribution is -2.25. The molecular weight excluding hydrogens is 528 g/mol. The van der Waals surface area contributed by atoms with Gasteiger partial charge in [-0.3, -0.25) is 14.4 Å². The molecule has 0 spiro atoms. The first-order chi connectivity index (χ1) is 18.5. The van der Waals surface area contributed by atoms with Crippen LogP contribution < -0.4 is 16.0 Å². The molecule has 39 heavy (non-hydrogen) atoms. The molecule has 6 nitrogen and oxygen atoms in total. The first kappa shape index (κ1) is 26.9. The van der Waals surface area contributed by atoms with E-state index in [9.17, 15) is 40.7 Å². The summed E-state index contributed by atoms with van der Waals surface area (Å²) in [4.78, 5) is 39.4. The average Bonchev–Trinajstić information content (AvgIpc) is 2.81. The standard InChI is InChI=1S/C27H15F6N3O3/c28-13-4-14(29)8-19(7-13)34-25(37)22-2-1-3-23(26(38)35-20-9-15(30)5-16(31)10-20)24(22)27(39)36-21-11-17(32)6-18(33)12-21/h1-12H,(H,34,37)(H,35,38)(H,36,39). The first-order valence-corrected chi connectivity index (χ1v) is 10.9. The van der Waals surface area contributed by atoms with Gasteiger partial charge >= 0.3 is 0 Å². The fourth-order valence-electron chi connectivity index (χ4n) is 3.64. The summed E-state index contributed by atoms with van der Waals surface area (Å²) in [5.41, 5.74) is -2.58. The fourth-order valence-corrected chi connectivity index (χ4v) is 3.64. The van der Waals surface area contributed by atoms with Crippen molar-refractivity contribution in [3.05, 3.63) is 124 Å². The maximum atomic E-state index is 13.7. The minimum absolute atomic E-state index is 0.318. The molecule has 0 atom stereocenters. The predicted molar refractivity (Wildman–Crippen MR) is 129 cm³/mol.